The summed E-state index contributed by atoms with van der Waals surface area (Å²) in [6, 6.07) is 4.50. The number of benzene rings is 1. The molecule has 1 aromatic carbocycles. The third-order valence-corrected chi connectivity index (χ3v) is 3.15. The topological polar surface area (TPSA) is 143 Å². The minimum Gasteiger partial charge on any atom is -0.505 e. The lowest BCUT2D eigenvalue weighted by Crippen LogP contribution is -2.32. The van der Waals surface area contributed by atoms with Crippen molar-refractivity contribution >= 4 is 23.2 Å². The summed E-state index contributed by atoms with van der Waals surface area (Å²) in [6.07, 6.45) is 0. The van der Waals surface area contributed by atoms with Crippen molar-refractivity contribution in [1.82, 2.24) is 4.98 Å². The predicted octanol–water partition coefficient (Wildman–Crippen LogP) is 0.213. The molecule has 1 aromatic heterocycles. The molecule has 6 N–H and O–H groups in total. The Labute approximate surface area is 132 Å². The first-order valence-corrected chi connectivity index (χ1v) is 6.38. The lowest BCUT2D eigenvalue weighted by atomic mass is 10.1. The van der Waals surface area contributed by atoms with Gasteiger partial charge < -0.3 is 30.7 Å². The number of hydrogen-bond donors (Lipinski definition) is 6. The molecule has 1 heterocycles. The Morgan fingerprint density at radius 2 is 1.78 bits per heavy atom. The van der Waals surface area contributed by atoms with Crippen LogP contribution in [0.2, 0.25) is 5.02 Å². The Morgan fingerprint density at radius 1 is 1.22 bits per heavy atom. The van der Waals surface area contributed by atoms with Gasteiger partial charge in [0.15, 0.2) is 5.75 Å². The van der Waals surface area contributed by atoms with Gasteiger partial charge in [0, 0.05) is 5.69 Å². The van der Waals surface area contributed by atoms with Crippen LogP contribution in [0.15, 0.2) is 29.1 Å². The normalized spacial score (nSPS) is 11.3. The number of rotatable bonds is 3. The van der Waals surface area contributed by atoms with Crippen molar-refractivity contribution in [3.8, 4) is 5.75 Å². The number of carbonyl (C=O) groups is 1. The Morgan fingerprint density at radius 3 is 2.30 bits per heavy atom. The van der Waals surface area contributed by atoms with Crippen LogP contribution in [0.1, 0.15) is 16.1 Å². The van der Waals surface area contributed by atoms with Crippen molar-refractivity contribution in [1.29, 1.82) is 0 Å². The summed E-state index contributed by atoms with van der Waals surface area (Å²) in [5.74, 6) is -6.49. The van der Waals surface area contributed by atoms with Gasteiger partial charge in [-0.15, -0.1) is 0 Å². The molecule has 8 nitrogen and oxygen atoms in total. The quantitative estimate of drug-likeness (QED) is 0.439. The van der Waals surface area contributed by atoms with E-state index < -0.39 is 45.3 Å². The molecule has 23 heavy (non-hydrogen) atoms. The standard InChI is InChI=1S/C13H10ClFN2O6/c14-8-10(18)7(13(21,22)23)9(17-11(8)19)12(20)16-6-3-1-5(15)2-4-6/h1-4,21-23H,(H,16,20)(H2,17,18,19). The molecule has 10 heteroatoms. The van der Waals surface area contributed by atoms with Crippen LogP contribution in [0.4, 0.5) is 10.1 Å². The second-order valence-corrected chi connectivity index (χ2v) is 4.84. The molecule has 0 aliphatic carbocycles. The van der Waals surface area contributed by atoms with E-state index in [-0.39, 0.29) is 5.69 Å². The number of anilines is 1. The number of aromatic hydroxyl groups is 1. The van der Waals surface area contributed by atoms with E-state index in [9.17, 15) is 34.4 Å². The molecule has 0 saturated heterocycles. The fraction of sp³-hybridized carbons (Fsp3) is 0.0769. The minimum absolute atomic E-state index is 0.108. The average Bonchev–Trinajstić information content (AvgIpc) is 2.45. The fourth-order valence-corrected chi connectivity index (χ4v) is 1.93. The number of carbonyl (C=O) groups excluding carboxylic acids is 1. The monoisotopic (exact) mass is 344 g/mol. The molecule has 2 rings (SSSR count). The zero-order chi connectivity index (χ0) is 17.4. The number of halogens is 2. The van der Waals surface area contributed by atoms with Crippen LogP contribution < -0.4 is 10.9 Å². The zero-order valence-corrected chi connectivity index (χ0v) is 11.9. The smallest absolute Gasteiger partial charge is 0.310 e. The van der Waals surface area contributed by atoms with E-state index in [4.69, 9.17) is 11.6 Å². The summed E-state index contributed by atoms with van der Waals surface area (Å²) >= 11 is 5.44. The number of aromatic nitrogens is 1. The molecule has 0 aliphatic rings. The number of aromatic amines is 1. The van der Waals surface area contributed by atoms with Crippen molar-refractivity contribution in [3.05, 3.63) is 56.7 Å². The molecule has 1 amide bonds. The molecular weight excluding hydrogens is 335 g/mol. The van der Waals surface area contributed by atoms with Crippen LogP contribution in [-0.2, 0) is 5.97 Å². The molecule has 0 saturated carbocycles. The average molecular weight is 345 g/mol. The molecule has 0 fully saturated rings. The van der Waals surface area contributed by atoms with Crippen LogP contribution in [0.5, 0.6) is 5.75 Å². The van der Waals surface area contributed by atoms with Crippen molar-refractivity contribution in [2.45, 2.75) is 5.97 Å². The third-order valence-electron chi connectivity index (χ3n) is 2.80. The Bertz CT molecular complexity index is 813. The van der Waals surface area contributed by atoms with Gasteiger partial charge in [-0.25, -0.2) is 4.39 Å². The highest BCUT2D eigenvalue weighted by atomic mass is 35.5. The number of nitrogens with one attached hydrogen (secondary N) is 2. The van der Waals surface area contributed by atoms with Gasteiger partial charge in [-0.3, -0.25) is 9.59 Å². The zero-order valence-electron chi connectivity index (χ0n) is 11.2. The second-order valence-electron chi connectivity index (χ2n) is 4.46. The number of aliphatic hydroxyl groups is 3. The molecule has 0 bridgehead atoms. The summed E-state index contributed by atoms with van der Waals surface area (Å²) < 4.78 is 12.8. The first-order chi connectivity index (χ1) is 10.6. The van der Waals surface area contributed by atoms with Crippen LogP contribution in [0, 0.1) is 5.82 Å². The first-order valence-electron chi connectivity index (χ1n) is 6.00. The molecule has 0 radical (unpaired) electrons. The van der Waals surface area contributed by atoms with E-state index in [0.717, 1.165) is 12.1 Å². The van der Waals surface area contributed by atoms with Gasteiger partial charge in [-0.05, 0) is 24.3 Å². The van der Waals surface area contributed by atoms with E-state index in [1.807, 2.05) is 4.98 Å². The van der Waals surface area contributed by atoms with Gasteiger partial charge in [0.25, 0.3) is 11.5 Å². The number of amides is 1. The maximum absolute atomic E-state index is 12.8. The summed E-state index contributed by atoms with van der Waals surface area (Å²) in [4.78, 5) is 25.5. The van der Waals surface area contributed by atoms with Gasteiger partial charge in [0.1, 0.15) is 22.1 Å². The van der Waals surface area contributed by atoms with E-state index >= 15 is 0 Å². The number of hydrogen-bond acceptors (Lipinski definition) is 6. The fourth-order valence-electron chi connectivity index (χ4n) is 1.79. The largest absolute Gasteiger partial charge is 0.505 e. The highest BCUT2D eigenvalue weighted by molar-refractivity contribution is 6.32. The SMILES string of the molecule is O=C(Nc1ccc(F)cc1)c1[nH]c(=O)c(Cl)c(O)c1C(O)(O)O. The Kier molecular flexibility index (Phi) is 4.39. The van der Waals surface area contributed by atoms with E-state index in [1.165, 1.54) is 12.1 Å². The summed E-state index contributed by atoms with van der Waals surface area (Å²) in [7, 11) is 0. The number of pyridine rings is 1. The third kappa shape index (κ3) is 3.48. The highest BCUT2D eigenvalue weighted by Crippen LogP contribution is 2.32. The maximum atomic E-state index is 12.8. The van der Waals surface area contributed by atoms with Gasteiger partial charge >= 0.3 is 5.97 Å². The molecule has 0 spiro atoms. The predicted molar refractivity (Wildman–Crippen MR) is 76.4 cm³/mol. The van der Waals surface area contributed by atoms with Crippen molar-refractivity contribution in [2.75, 3.05) is 5.32 Å². The second kappa shape index (κ2) is 5.97. The van der Waals surface area contributed by atoms with Gasteiger partial charge in [0.2, 0.25) is 0 Å². The molecule has 122 valence electrons. The van der Waals surface area contributed by atoms with E-state index in [2.05, 4.69) is 5.32 Å². The minimum atomic E-state index is -3.65. The van der Waals surface area contributed by atoms with Crippen LogP contribution in [0.25, 0.3) is 0 Å². The number of H-pyrrole nitrogens is 1. The lowest BCUT2D eigenvalue weighted by molar-refractivity contribution is -0.324. The summed E-state index contributed by atoms with van der Waals surface area (Å²) in [5.41, 5.74) is -2.94. The van der Waals surface area contributed by atoms with Crippen LogP contribution >= 0.6 is 11.6 Å². The van der Waals surface area contributed by atoms with Gasteiger partial charge in [-0.2, -0.15) is 0 Å². The molecule has 2 aromatic rings. The molecule has 0 atom stereocenters. The summed E-state index contributed by atoms with van der Waals surface area (Å²) in [6.45, 7) is 0. The van der Waals surface area contributed by atoms with Crippen molar-refractivity contribution in [3.63, 3.8) is 0 Å². The molecule has 0 aliphatic heterocycles. The Hall–Kier alpha value is -2.46. The maximum Gasteiger partial charge on any atom is 0.310 e. The van der Waals surface area contributed by atoms with E-state index in [0.29, 0.717) is 0 Å². The van der Waals surface area contributed by atoms with Crippen molar-refractivity contribution in [2.24, 2.45) is 0 Å². The highest BCUT2D eigenvalue weighted by Gasteiger charge is 2.35. The van der Waals surface area contributed by atoms with Gasteiger partial charge in [0.05, 0.1) is 0 Å². The van der Waals surface area contributed by atoms with Crippen LogP contribution in [-0.4, -0.2) is 31.3 Å². The molecular formula is C13H10ClFN2O6. The Balaban J connectivity index is 2.51. The first kappa shape index (κ1) is 16.9. The van der Waals surface area contributed by atoms with Crippen LogP contribution in [0.3, 0.4) is 0 Å². The van der Waals surface area contributed by atoms with Crippen molar-refractivity contribution < 1.29 is 29.6 Å². The van der Waals surface area contributed by atoms with E-state index in [1.54, 1.807) is 0 Å². The van der Waals surface area contributed by atoms with Gasteiger partial charge in [-0.1, -0.05) is 11.6 Å². The summed E-state index contributed by atoms with van der Waals surface area (Å²) in [5, 5.41) is 38.8. The molecule has 0 unspecified atom stereocenters. The lowest BCUT2D eigenvalue weighted by Gasteiger charge is -2.19.